The average Bonchev–Trinajstić information content (AvgIpc) is 3.37. The first-order chi connectivity index (χ1) is 14.5. The number of nitrogens with one attached hydrogen (secondary N) is 1. The summed E-state index contributed by atoms with van der Waals surface area (Å²) in [5.41, 5.74) is 1.45. The summed E-state index contributed by atoms with van der Waals surface area (Å²) in [5, 5.41) is 8.88. The average molecular weight is 406 g/mol. The minimum Gasteiger partial charge on any atom is -0.303 e. The molecule has 3 aromatic heterocycles. The lowest BCUT2D eigenvalue weighted by molar-refractivity contribution is -0.0187. The summed E-state index contributed by atoms with van der Waals surface area (Å²) in [6.45, 7) is 7.48. The molecule has 3 aliphatic rings. The Labute approximate surface area is 173 Å². The van der Waals surface area contributed by atoms with E-state index in [0.717, 1.165) is 38.2 Å². The molecule has 4 unspecified atom stereocenters. The topological polar surface area (TPSA) is 88.3 Å². The van der Waals surface area contributed by atoms with Crippen molar-refractivity contribution in [3.63, 3.8) is 0 Å². The molecule has 2 aliphatic carbocycles. The number of Topliss-reactive ketones (excluding diaryl/α,β-unsaturated/α-hetero) is 1. The molecular weight excluding hydrogens is 380 g/mol. The summed E-state index contributed by atoms with van der Waals surface area (Å²) in [6, 6.07) is 3.49. The highest BCUT2D eigenvalue weighted by molar-refractivity contribution is 6.02. The van der Waals surface area contributed by atoms with Crippen molar-refractivity contribution < 1.29 is 4.79 Å². The number of likely N-dealkylation sites (tertiary alicyclic amines) is 1. The summed E-state index contributed by atoms with van der Waals surface area (Å²) in [7, 11) is 0. The monoisotopic (exact) mass is 406 g/mol. The predicted octanol–water partition coefficient (Wildman–Crippen LogP) is 2.07. The fourth-order valence-electron chi connectivity index (χ4n) is 6.52. The van der Waals surface area contributed by atoms with Gasteiger partial charge in [-0.2, -0.15) is 5.10 Å². The predicted molar refractivity (Wildman–Crippen MR) is 111 cm³/mol. The second-order valence-electron chi connectivity index (χ2n) is 9.39. The molecule has 8 nitrogen and oxygen atoms in total. The van der Waals surface area contributed by atoms with E-state index in [2.05, 4.69) is 27.0 Å². The molecular formula is C22H26N6O2. The molecule has 156 valence electrons. The first-order valence-electron chi connectivity index (χ1n) is 10.9. The zero-order valence-corrected chi connectivity index (χ0v) is 17.3. The van der Waals surface area contributed by atoms with Crippen molar-refractivity contribution in [2.45, 2.75) is 33.1 Å². The van der Waals surface area contributed by atoms with E-state index in [9.17, 15) is 9.59 Å². The van der Waals surface area contributed by atoms with E-state index in [1.54, 1.807) is 29.2 Å². The van der Waals surface area contributed by atoms with Crippen LogP contribution in [0.25, 0.3) is 11.5 Å². The molecule has 1 aliphatic heterocycles. The minimum atomic E-state index is -0.227. The van der Waals surface area contributed by atoms with Gasteiger partial charge in [0.2, 0.25) is 5.95 Å². The van der Waals surface area contributed by atoms with Gasteiger partial charge < -0.3 is 4.90 Å². The van der Waals surface area contributed by atoms with E-state index < -0.39 is 0 Å². The summed E-state index contributed by atoms with van der Waals surface area (Å²) in [4.78, 5) is 31.4. The molecule has 4 atom stereocenters. The standard InChI is InChI=1S/C22H26N6O2/c1-3-26-11-14-7-17-15(12-26)9-22(17,8-14)19(29)16-10-23-28(13(16)2)21-24-20(30)18-5-4-6-27(18)25-21/h4-6,10,14-15,17H,3,7-9,11-12H2,1-2H3,(H,24,25,30). The molecule has 30 heavy (non-hydrogen) atoms. The molecule has 0 aromatic carbocycles. The number of fused-ring (bicyclic) bond motifs is 2. The molecule has 8 heteroatoms. The van der Waals surface area contributed by atoms with Crippen LogP contribution < -0.4 is 5.56 Å². The third-order valence-corrected chi connectivity index (χ3v) is 7.90. The van der Waals surface area contributed by atoms with Crippen molar-refractivity contribution in [1.29, 1.82) is 0 Å². The molecule has 3 fully saturated rings. The van der Waals surface area contributed by atoms with Gasteiger partial charge in [-0.05, 0) is 62.6 Å². The Morgan fingerprint density at radius 3 is 3.03 bits per heavy atom. The van der Waals surface area contributed by atoms with Gasteiger partial charge in [-0.15, -0.1) is 5.10 Å². The number of hydrogen-bond donors (Lipinski definition) is 1. The summed E-state index contributed by atoms with van der Waals surface area (Å²) >= 11 is 0. The van der Waals surface area contributed by atoms with Crippen LogP contribution in [0.3, 0.4) is 0 Å². The van der Waals surface area contributed by atoms with E-state index >= 15 is 0 Å². The van der Waals surface area contributed by atoms with E-state index in [4.69, 9.17) is 0 Å². The van der Waals surface area contributed by atoms with Gasteiger partial charge in [-0.1, -0.05) is 6.92 Å². The third kappa shape index (κ3) is 2.31. The number of H-pyrrole nitrogens is 1. The Morgan fingerprint density at radius 2 is 2.20 bits per heavy atom. The van der Waals surface area contributed by atoms with Crippen molar-refractivity contribution in [1.82, 2.24) is 29.3 Å². The van der Waals surface area contributed by atoms with Crippen LogP contribution in [-0.4, -0.2) is 54.7 Å². The van der Waals surface area contributed by atoms with Gasteiger partial charge in [-0.25, -0.2) is 9.20 Å². The van der Waals surface area contributed by atoms with Crippen molar-refractivity contribution in [2.75, 3.05) is 19.6 Å². The number of rotatable bonds is 4. The second kappa shape index (κ2) is 6.14. The zero-order valence-electron chi connectivity index (χ0n) is 17.3. The van der Waals surface area contributed by atoms with Crippen molar-refractivity contribution in [2.24, 2.45) is 23.2 Å². The van der Waals surface area contributed by atoms with Gasteiger partial charge in [0.25, 0.3) is 5.56 Å². The Bertz CT molecular complexity index is 1220. The maximum absolute atomic E-state index is 13.8. The molecule has 1 N–H and O–H groups in total. The lowest BCUT2D eigenvalue weighted by Crippen LogP contribution is -2.54. The number of aromatic amines is 1. The fourth-order valence-corrected chi connectivity index (χ4v) is 6.52. The molecule has 1 saturated heterocycles. The molecule has 0 spiro atoms. The first kappa shape index (κ1) is 18.1. The number of hydrogen-bond acceptors (Lipinski definition) is 5. The van der Waals surface area contributed by atoms with E-state index in [1.807, 2.05) is 6.92 Å². The van der Waals surface area contributed by atoms with Gasteiger partial charge in [0, 0.05) is 24.7 Å². The Kier molecular flexibility index (Phi) is 3.69. The van der Waals surface area contributed by atoms with Crippen LogP contribution in [0.1, 0.15) is 42.2 Å². The summed E-state index contributed by atoms with van der Waals surface area (Å²) in [6.07, 6.45) is 6.57. The highest BCUT2D eigenvalue weighted by Crippen LogP contribution is 2.65. The summed E-state index contributed by atoms with van der Waals surface area (Å²) in [5.74, 6) is 2.33. The van der Waals surface area contributed by atoms with Crippen LogP contribution in [0.4, 0.5) is 0 Å². The van der Waals surface area contributed by atoms with Crippen LogP contribution in [0.15, 0.2) is 29.3 Å². The quantitative estimate of drug-likeness (QED) is 0.670. The molecule has 4 heterocycles. The third-order valence-electron chi connectivity index (χ3n) is 7.90. The molecule has 2 bridgehead atoms. The van der Waals surface area contributed by atoms with E-state index in [1.165, 1.54) is 10.9 Å². The smallest absolute Gasteiger partial charge is 0.276 e. The molecule has 0 amide bonds. The van der Waals surface area contributed by atoms with Crippen LogP contribution >= 0.6 is 0 Å². The SMILES string of the molecule is CCN1CC2CC3C(C1)CC3(C(=O)c1cnn(-c3nn4cccc4c(=O)[nH]3)c1C)C2. The van der Waals surface area contributed by atoms with Gasteiger partial charge in [0.05, 0.1) is 17.5 Å². The highest BCUT2D eigenvalue weighted by Gasteiger charge is 2.64. The summed E-state index contributed by atoms with van der Waals surface area (Å²) < 4.78 is 3.11. The second-order valence-corrected chi connectivity index (χ2v) is 9.39. The Balaban J connectivity index is 1.34. The number of aromatic nitrogens is 5. The van der Waals surface area contributed by atoms with Gasteiger partial charge >= 0.3 is 0 Å². The number of carbonyl (C=O) groups is 1. The zero-order chi connectivity index (χ0) is 20.6. The van der Waals surface area contributed by atoms with Crippen LogP contribution in [-0.2, 0) is 0 Å². The van der Waals surface area contributed by atoms with E-state index in [0.29, 0.717) is 34.8 Å². The first-order valence-corrected chi connectivity index (χ1v) is 10.9. The lowest BCUT2D eigenvalue weighted by Gasteiger charge is -2.52. The van der Waals surface area contributed by atoms with E-state index in [-0.39, 0.29) is 16.8 Å². The molecule has 0 radical (unpaired) electrons. The molecule has 2 saturated carbocycles. The van der Waals surface area contributed by atoms with Crippen molar-refractivity contribution in [3.8, 4) is 5.95 Å². The molecule has 3 aromatic rings. The number of nitrogens with zero attached hydrogens (tertiary/aromatic N) is 5. The Hall–Kier alpha value is -2.74. The highest BCUT2D eigenvalue weighted by atomic mass is 16.1. The minimum absolute atomic E-state index is 0.209. The number of ketones is 1. The van der Waals surface area contributed by atoms with Gasteiger partial charge in [-0.3, -0.25) is 14.6 Å². The van der Waals surface area contributed by atoms with Crippen molar-refractivity contribution >= 4 is 11.3 Å². The maximum Gasteiger partial charge on any atom is 0.276 e. The number of carbonyl (C=O) groups excluding carboxylic acids is 1. The van der Waals surface area contributed by atoms with Gasteiger partial charge in [0.15, 0.2) is 5.78 Å². The molecule has 6 rings (SSSR count). The maximum atomic E-state index is 13.8. The van der Waals surface area contributed by atoms with Crippen LogP contribution in [0.5, 0.6) is 0 Å². The van der Waals surface area contributed by atoms with Crippen LogP contribution in [0, 0.1) is 30.1 Å². The van der Waals surface area contributed by atoms with Crippen molar-refractivity contribution in [3.05, 3.63) is 46.1 Å². The van der Waals surface area contributed by atoms with Gasteiger partial charge in [0.1, 0.15) is 5.52 Å². The Morgan fingerprint density at radius 1 is 1.33 bits per heavy atom. The lowest BCUT2D eigenvalue weighted by atomic mass is 9.52. The largest absolute Gasteiger partial charge is 0.303 e. The van der Waals surface area contributed by atoms with Crippen LogP contribution in [0.2, 0.25) is 0 Å². The fraction of sp³-hybridized carbons (Fsp3) is 0.545. The normalized spacial score (nSPS) is 30.4.